The number of rotatable bonds is 3. The van der Waals surface area contributed by atoms with Gasteiger partial charge in [0.25, 0.3) is 5.91 Å². The zero-order chi connectivity index (χ0) is 17.7. The van der Waals surface area contributed by atoms with Gasteiger partial charge in [-0.3, -0.25) is 9.59 Å². The number of halogens is 1. The van der Waals surface area contributed by atoms with Crippen LogP contribution in [-0.4, -0.2) is 29.3 Å². The van der Waals surface area contributed by atoms with Crippen LogP contribution >= 0.6 is 11.6 Å². The fourth-order valence-corrected chi connectivity index (χ4v) is 4.26. The summed E-state index contributed by atoms with van der Waals surface area (Å²) in [6.07, 6.45) is 0.992. The maximum Gasteiger partial charge on any atom is 0.255 e. The Kier molecular flexibility index (Phi) is 3.80. The van der Waals surface area contributed by atoms with Gasteiger partial charge in [0.1, 0.15) is 6.04 Å². The van der Waals surface area contributed by atoms with Gasteiger partial charge in [-0.15, -0.1) is 0 Å². The number of likely N-dealkylation sites (tertiary alicyclic amines) is 1. The molecule has 1 aliphatic carbocycles. The van der Waals surface area contributed by atoms with Gasteiger partial charge in [0.15, 0.2) is 0 Å². The third-order valence-electron chi connectivity index (χ3n) is 5.32. The number of piperidine rings is 1. The molecule has 2 aromatic carbocycles. The summed E-state index contributed by atoms with van der Waals surface area (Å²) in [4.78, 5) is 26.8. The van der Waals surface area contributed by atoms with Gasteiger partial charge < -0.3 is 10.6 Å². The normalized spacial score (nSPS) is 24.1. The number of primary amides is 1. The molecule has 5 heteroatoms. The number of carbonyl (C=O) groups is 2. The van der Waals surface area contributed by atoms with Crippen LogP contribution in [0.25, 0.3) is 11.1 Å². The van der Waals surface area contributed by atoms with E-state index in [0.29, 0.717) is 23.0 Å². The van der Waals surface area contributed by atoms with Gasteiger partial charge in [-0.05, 0) is 60.1 Å². The predicted octanol–water partition coefficient (Wildman–Crippen LogP) is 3.26. The first-order valence-electron chi connectivity index (χ1n) is 8.43. The van der Waals surface area contributed by atoms with Crippen LogP contribution in [0.3, 0.4) is 0 Å². The zero-order valence-corrected chi connectivity index (χ0v) is 14.7. The van der Waals surface area contributed by atoms with Crippen molar-refractivity contribution in [3.8, 4) is 11.1 Å². The molecule has 2 aliphatic rings. The molecule has 2 aromatic rings. The number of benzene rings is 2. The maximum absolute atomic E-state index is 13.2. The Labute approximate surface area is 151 Å². The summed E-state index contributed by atoms with van der Waals surface area (Å²) in [5, 5.41) is 0.622. The van der Waals surface area contributed by atoms with Crippen molar-refractivity contribution in [2.24, 2.45) is 17.6 Å². The Balaban J connectivity index is 1.77. The summed E-state index contributed by atoms with van der Waals surface area (Å²) in [6, 6.07) is 12.6. The lowest BCUT2D eigenvalue weighted by Gasteiger charge is -2.26. The van der Waals surface area contributed by atoms with Crippen LogP contribution in [0.4, 0.5) is 0 Å². The number of aryl methyl sites for hydroxylation is 1. The van der Waals surface area contributed by atoms with Crippen LogP contribution < -0.4 is 5.73 Å². The number of amides is 2. The smallest absolute Gasteiger partial charge is 0.255 e. The number of carbonyl (C=O) groups excluding carboxylic acids is 2. The van der Waals surface area contributed by atoms with Crippen molar-refractivity contribution >= 4 is 23.4 Å². The van der Waals surface area contributed by atoms with E-state index in [-0.39, 0.29) is 11.8 Å². The molecule has 0 radical (unpaired) electrons. The molecule has 25 heavy (non-hydrogen) atoms. The minimum absolute atomic E-state index is 0.130. The Morgan fingerprint density at radius 2 is 1.96 bits per heavy atom. The summed E-state index contributed by atoms with van der Waals surface area (Å²) in [5.41, 5.74) is 8.91. The lowest BCUT2D eigenvalue weighted by atomic mass is 9.94. The summed E-state index contributed by atoms with van der Waals surface area (Å²) >= 11 is 6.14. The van der Waals surface area contributed by atoms with Gasteiger partial charge in [-0.25, -0.2) is 0 Å². The molecule has 4 rings (SSSR count). The fraction of sp³-hybridized carbons (Fsp3) is 0.300. The summed E-state index contributed by atoms with van der Waals surface area (Å²) in [6.45, 7) is 2.58. The molecule has 3 atom stereocenters. The number of fused-ring (bicyclic) bond motifs is 1. The van der Waals surface area contributed by atoms with Crippen LogP contribution in [0.15, 0.2) is 42.5 Å². The van der Waals surface area contributed by atoms with Gasteiger partial charge in [-0.2, -0.15) is 0 Å². The average Bonchev–Trinajstić information content (AvgIpc) is 3.23. The summed E-state index contributed by atoms with van der Waals surface area (Å²) in [5.74, 6) is 0.117. The zero-order valence-electron chi connectivity index (χ0n) is 13.9. The third-order valence-corrected chi connectivity index (χ3v) is 5.55. The second kappa shape index (κ2) is 5.88. The van der Waals surface area contributed by atoms with Crippen LogP contribution in [0.1, 0.15) is 22.3 Å². The molecule has 128 valence electrons. The van der Waals surface area contributed by atoms with Crippen molar-refractivity contribution in [3.05, 3.63) is 58.6 Å². The first kappa shape index (κ1) is 16.2. The SMILES string of the molecule is Cc1cccc(C(=O)N2C[C@H]3C[C@H]3[C@H]2C(N)=O)c1-c1cccc(Cl)c1. The second-order valence-electron chi connectivity index (χ2n) is 6.97. The summed E-state index contributed by atoms with van der Waals surface area (Å²) < 4.78 is 0. The standard InChI is InChI=1S/C20H19ClN2O2/c1-11-4-2-7-15(17(11)12-5-3-6-14(21)8-12)20(25)23-10-13-9-16(13)18(23)19(22)24/h2-8,13,16,18H,9-10H2,1H3,(H2,22,24)/t13-,16-,18+/m1/s1. The van der Waals surface area contributed by atoms with E-state index in [0.717, 1.165) is 23.1 Å². The first-order valence-corrected chi connectivity index (χ1v) is 8.81. The molecule has 4 nitrogen and oxygen atoms in total. The lowest BCUT2D eigenvalue weighted by molar-refractivity contribution is -0.122. The number of nitrogens with two attached hydrogens (primary N) is 1. The molecule has 1 aliphatic heterocycles. The lowest BCUT2D eigenvalue weighted by Crippen LogP contribution is -2.46. The van der Waals surface area contributed by atoms with Crippen molar-refractivity contribution in [3.63, 3.8) is 0 Å². The number of hydrogen-bond acceptors (Lipinski definition) is 2. The van der Waals surface area contributed by atoms with Crippen molar-refractivity contribution in [1.82, 2.24) is 4.90 Å². The molecule has 1 heterocycles. The molecule has 0 bridgehead atoms. The summed E-state index contributed by atoms with van der Waals surface area (Å²) in [7, 11) is 0. The van der Waals surface area contributed by atoms with E-state index in [2.05, 4.69) is 0 Å². The molecule has 0 unspecified atom stereocenters. The Bertz CT molecular complexity index is 880. The van der Waals surface area contributed by atoms with Gasteiger partial charge in [0, 0.05) is 17.1 Å². The van der Waals surface area contributed by atoms with Crippen molar-refractivity contribution in [2.75, 3.05) is 6.54 Å². The minimum Gasteiger partial charge on any atom is -0.368 e. The van der Waals surface area contributed by atoms with Crippen LogP contribution in [-0.2, 0) is 4.79 Å². The van der Waals surface area contributed by atoms with Crippen LogP contribution in [0.5, 0.6) is 0 Å². The predicted molar refractivity (Wildman–Crippen MR) is 97.2 cm³/mol. The number of nitrogens with zero attached hydrogens (tertiary/aromatic N) is 1. The highest BCUT2D eigenvalue weighted by molar-refractivity contribution is 6.30. The van der Waals surface area contributed by atoms with Gasteiger partial charge in [0.2, 0.25) is 5.91 Å². The largest absolute Gasteiger partial charge is 0.368 e. The molecule has 1 saturated heterocycles. The van der Waals surface area contributed by atoms with E-state index in [1.54, 1.807) is 4.90 Å². The van der Waals surface area contributed by atoms with Crippen LogP contribution in [0.2, 0.25) is 5.02 Å². The Hall–Kier alpha value is -2.33. The van der Waals surface area contributed by atoms with Crippen molar-refractivity contribution in [1.29, 1.82) is 0 Å². The van der Waals surface area contributed by atoms with E-state index in [1.807, 2.05) is 49.4 Å². The highest BCUT2D eigenvalue weighted by Crippen LogP contribution is 2.50. The molecular weight excluding hydrogens is 336 g/mol. The van der Waals surface area contributed by atoms with E-state index in [4.69, 9.17) is 17.3 Å². The van der Waals surface area contributed by atoms with Crippen molar-refractivity contribution in [2.45, 2.75) is 19.4 Å². The van der Waals surface area contributed by atoms with Crippen molar-refractivity contribution < 1.29 is 9.59 Å². The maximum atomic E-state index is 13.2. The molecule has 2 fully saturated rings. The molecular formula is C20H19ClN2O2. The van der Waals surface area contributed by atoms with E-state index in [1.165, 1.54) is 0 Å². The van der Waals surface area contributed by atoms with Gasteiger partial charge in [-0.1, -0.05) is 35.9 Å². The monoisotopic (exact) mass is 354 g/mol. The fourth-order valence-electron chi connectivity index (χ4n) is 4.07. The van der Waals surface area contributed by atoms with E-state index < -0.39 is 11.9 Å². The van der Waals surface area contributed by atoms with E-state index in [9.17, 15) is 9.59 Å². The van der Waals surface area contributed by atoms with Gasteiger partial charge in [0.05, 0.1) is 0 Å². The minimum atomic E-state index is -0.481. The van der Waals surface area contributed by atoms with Gasteiger partial charge >= 0.3 is 0 Å². The second-order valence-corrected chi connectivity index (χ2v) is 7.41. The topological polar surface area (TPSA) is 63.4 Å². The van der Waals surface area contributed by atoms with E-state index >= 15 is 0 Å². The molecule has 0 aromatic heterocycles. The highest BCUT2D eigenvalue weighted by Gasteiger charge is 2.56. The molecule has 2 amide bonds. The number of hydrogen-bond donors (Lipinski definition) is 1. The molecule has 2 N–H and O–H groups in total. The molecule has 0 spiro atoms. The first-order chi connectivity index (χ1) is 12.0. The Morgan fingerprint density at radius 3 is 2.68 bits per heavy atom. The highest BCUT2D eigenvalue weighted by atomic mass is 35.5. The molecule has 1 saturated carbocycles. The Morgan fingerprint density at radius 1 is 1.20 bits per heavy atom. The van der Waals surface area contributed by atoms with Crippen LogP contribution in [0, 0.1) is 18.8 Å². The third kappa shape index (κ3) is 2.71. The quantitative estimate of drug-likeness (QED) is 0.919. The average molecular weight is 355 g/mol.